The quantitative estimate of drug-likeness (QED) is 0.0505. The Kier molecular flexibility index (Phi) is 15.8. The first-order valence-electron chi connectivity index (χ1n) is 18.5. The summed E-state index contributed by atoms with van der Waals surface area (Å²) in [5, 5.41) is 12.7. The molecule has 0 aliphatic carbocycles. The minimum absolute atomic E-state index is 0. The van der Waals surface area contributed by atoms with Gasteiger partial charge in [0, 0.05) is 43.2 Å². The van der Waals surface area contributed by atoms with Crippen LogP contribution >= 0.6 is 0 Å². The second kappa shape index (κ2) is 21.2. The molecule has 2 aromatic heterocycles. The zero-order valence-corrected chi connectivity index (χ0v) is 37.9. The van der Waals surface area contributed by atoms with Crippen molar-refractivity contribution in [1.29, 1.82) is 0 Å². The molecule has 296 valence electrons. The fourth-order valence-corrected chi connectivity index (χ4v) is 6.78. The number of nitrogens with one attached hydrogen (secondary N) is 4. The van der Waals surface area contributed by atoms with Crippen molar-refractivity contribution in [2.45, 2.75) is 4.90 Å². The predicted molar refractivity (Wildman–Crippen MR) is 220 cm³/mol. The third-order valence-corrected chi connectivity index (χ3v) is 9.86. The van der Waals surface area contributed by atoms with Gasteiger partial charge in [0.2, 0.25) is 35.7 Å². The molecule has 17 nitrogen and oxygen atoms in total. The number of nitrogens with zero attached hydrogens (tertiary/aromatic N) is 8. The van der Waals surface area contributed by atoms with Crippen molar-refractivity contribution in [3.05, 3.63) is 114 Å². The summed E-state index contributed by atoms with van der Waals surface area (Å²) in [5.74, 6) is 2.11. The first kappa shape index (κ1) is 44.8. The predicted octanol–water partition coefficient (Wildman–Crippen LogP) is -0.413. The molecule has 0 bridgehead atoms. The van der Waals surface area contributed by atoms with Gasteiger partial charge in [0.25, 0.3) is 0 Å². The Morgan fingerprint density at radius 2 is 1.02 bits per heavy atom. The van der Waals surface area contributed by atoms with E-state index in [2.05, 4.69) is 57.2 Å². The van der Waals surface area contributed by atoms with Crippen molar-refractivity contribution < 1.29 is 81.6 Å². The third kappa shape index (κ3) is 12.2. The average molecular weight is 845 g/mol. The maximum Gasteiger partial charge on any atom is 1.00 e. The van der Waals surface area contributed by atoms with Gasteiger partial charge in [0.05, 0.1) is 31.3 Å². The van der Waals surface area contributed by atoms with Crippen molar-refractivity contribution in [2.24, 2.45) is 0 Å². The van der Waals surface area contributed by atoms with Crippen LogP contribution in [0.25, 0.3) is 12.2 Å². The Morgan fingerprint density at radius 3 is 1.47 bits per heavy atom. The largest absolute Gasteiger partial charge is 1.00 e. The molecule has 4 N–H and O–H groups in total. The standard InChI is InChI=1S/C40H39N12O5S.2Na/c53-58(54,55)34-27-33(44-38-46-36(42-31-9-5-2-6-10-31)48-40(50-38)52-21-25-57-26-22-52)18-15-29(34)14-11-28-12-16-32(17-13-28)43-37-45-35(41-30-7-3-1-4-8-30)47-39(49-37)51-19-23-56-24-20-51;;/h1-12,14-18,27H,19-26H2,(H,53,54,55)(H2,41,43,45,47,49)(H2,42,44,46,48,50);;/q-1;2*+1/p-1/b14-11+;;. The number of aromatic nitrogens is 6. The normalized spacial score (nSPS) is 14.2. The van der Waals surface area contributed by atoms with E-state index in [1.807, 2.05) is 76.5 Å². The van der Waals surface area contributed by atoms with Gasteiger partial charge < -0.3 is 45.1 Å². The van der Waals surface area contributed by atoms with Crippen LogP contribution in [-0.2, 0) is 19.6 Å². The van der Waals surface area contributed by atoms with Crippen molar-refractivity contribution in [3.63, 3.8) is 0 Å². The first-order chi connectivity index (χ1) is 28.3. The van der Waals surface area contributed by atoms with Gasteiger partial charge in [-0.15, -0.1) is 30.3 Å². The van der Waals surface area contributed by atoms with Gasteiger partial charge in [0.15, 0.2) is 0 Å². The molecular weight excluding hydrogens is 807 g/mol. The van der Waals surface area contributed by atoms with Crippen LogP contribution < -0.4 is 90.2 Å². The maximum absolute atomic E-state index is 12.5. The molecule has 20 heteroatoms. The van der Waals surface area contributed by atoms with Crippen LogP contribution in [0.5, 0.6) is 0 Å². The Balaban J connectivity index is 0.00000302. The van der Waals surface area contributed by atoms with Gasteiger partial charge in [-0.05, 0) is 47.6 Å². The van der Waals surface area contributed by atoms with E-state index in [0.29, 0.717) is 93.3 Å². The summed E-state index contributed by atoms with van der Waals surface area (Å²) >= 11 is 0. The number of hydrogen-bond donors (Lipinski definition) is 4. The van der Waals surface area contributed by atoms with Crippen LogP contribution in [0.1, 0.15) is 11.1 Å². The molecular formula is C40H38N12Na2O5S. The minimum atomic E-state index is -4.89. The van der Waals surface area contributed by atoms with Gasteiger partial charge in [-0.3, -0.25) is 0 Å². The summed E-state index contributed by atoms with van der Waals surface area (Å²) in [6.07, 6.45) is 3.22. The van der Waals surface area contributed by atoms with E-state index >= 15 is 0 Å². The Bertz CT molecular complexity index is 2480. The Morgan fingerprint density at radius 1 is 0.567 bits per heavy atom. The summed E-state index contributed by atoms with van der Waals surface area (Å²) in [6.45, 7) is 4.70. The van der Waals surface area contributed by atoms with Crippen molar-refractivity contribution >= 4 is 80.7 Å². The summed E-state index contributed by atoms with van der Waals surface area (Å²) in [5.41, 5.74) is 3.41. The fraction of sp³-hybridized carbons (Fsp3) is 0.200. The molecule has 0 amide bonds. The average Bonchev–Trinajstić information content (AvgIpc) is 3.24. The van der Waals surface area contributed by atoms with E-state index in [-0.39, 0.29) is 76.6 Å². The number of para-hydroxylation sites is 2. The zero-order chi connectivity index (χ0) is 39.7. The summed E-state index contributed by atoms with van der Waals surface area (Å²) in [6, 6.07) is 32.0. The smallest absolute Gasteiger partial charge is 0.744 e. The molecule has 0 spiro atoms. The zero-order valence-electron chi connectivity index (χ0n) is 33.1. The van der Waals surface area contributed by atoms with E-state index in [9.17, 15) is 13.0 Å². The van der Waals surface area contributed by atoms with Gasteiger partial charge in [-0.25, -0.2) is 8.42 Å². The van der Waals surface area contributed by atoms with Crippen LogP contribution in [0.3, 0.4) is 0 Å². The topological polar surface area (TPSA) is 208 Å². The molecule has 4 aromatic carbocycles. The van der Waals surface area contributed by atoms with Crippen LogP contribution in [0, 0.1) is 6.07 Å². The number of anilines is 10. The van der Waals surface area contributed by atoms with Gasteiger partial charge >= 0.3 is 59.1 Å². The molecule has 2 fully saturated rings. The van der Waals surface area contributed by atoms with Gasteiger partial charge in [-0.2, -0.15) is 35.5 Å². The molecule has 60 heavy (non-hydrogen) atoms. The number of morpholine rings is 2. The fourth-order valence-electron chi connectivity index (χ4n) is 6.09. The van der Waals surface area contributed by atoms with Gasteiger partial charge in [0.1, 0.15) is 10.1 Å². The van der Waals surface area contributed by atoms with E-state index in [0.717, 1.165) is 11.4 Å². The Labute approximate surface area is 391 Å². The molecule has 2 aliphatic heterocycles. The second-order valence-corrected chi connectivity index (χ2v) is 14.4. The monoisotopic (exact) mass is 844 g/mol. The SMILES string of the molecule is O=S(=O)([O-])c1cc(Nc2nc(Nc3ccccc3)nc(N3CCOCC3)n2)ccc1/C=C/c1[c-]cc(Nc2nc(Nc3ccccc3)nc(N3CCOCC3)n2)cc1.[Na+].[Na+]. The summed E-state index contributed by atoms with van der Waals surface area (Å²) < 4.78 is 48.6. The number of hydrogen-bond acceptors (Lipinski definition) is 17. The number of benzene rings is 4. The van der Waals surface area contributed by atoms with Gasteiger partial charge in [-0.1, -0.05) is 48.5 Å². The molecule has 2 saturated heterocycles. The maximum atomic E-state index is 12.5. The molecule has 4 heterocycles. The number of ether oxygens (including phenoxy) is 2. The van der Waals surface area contributed by atoms with Crippen LogP contribution in [0.2, 0.25) is 0 Å². The minimum Gasteiger partial charge on any atom is -0.744 e. The Hall–Kier alpha value is -4.73. The van der Waals surface area contributed by atoms with Crippen molar-refractivity contribution in [1.82, 2.24) is 29.9 Å². The van der Waals surface area contributed by atoms with E-state index < -0.39 is 15.0 Å². The van der Waals surface area contributed by atoms with Crippen LogP contribution in [0.15, 0.2) is 102 Å². The molecule has 8 rings (SSSR count). The van der Waals surface area contributed by atoms with E-state index in [4.69, 9.17) is 9.47 Å². The number of rotatable bonds is 13. The van der Waals surface area contributed by atoms with Crippen LogP contribution in [-0.4, -0.2) is 95.5 Å². The van der Waals surface area contributed by atoms with Crippen molar-refractivity contribution in [3.8, 4) is 0 Å². The second-order valence-electron chi connectivity index (χ2n) is 13.1. The molecule has 2 aliphatic rings. The van der Waals surface area contributed by atoms with Crippen LogP contribution in [0.4, 0.5) is 58.4 Å². The molecule has 0 radical (unpaired) electrons. The van der Waals surface area contributed by atoms with E-state index in [1.165, 1.54) is 6.07 Å². The molecule has 0 unspecified atom stereocenters. The molecule has 0 atom stereocenters. The summed E-state index contributed by atoms with van der Waals surface area (Å²) in [4.78, 5) is 31.2. The van der Waals surface area contributed by atoms with E-state index in [1.54, 1.807) is 36.4 Å². The molecule has 6 aromatic rings. The first-order valence-corrected chi connectivity index (χ1v) is 19.9. The third-order valence-electron chi connectivity index (χ3n) is 8.97. The molecule has 0 saturated carbocycles. The van der Waals surface area contributed by atoms with Crippen molar-refractivity contribution in [2.75, 3.05) is 83.7 Å². The summed E-state index contributed by atoms with van der Waals surface area (Å²) in [7, 11) is -4.89.